The SMILES string of the molecule is CCOC1CC(NCCC2CCN(C(=O)OC(C)(C)C)C2)C1. The third-order valence-electron chi connectivity index (χ3n) is 4.42. The van der Waals surface area contributed by atoms with Crippen LogP contribution in [0.15, 0.2) is 0 Å². The zero-order chi connectivity index (χ0) is 16.2. The van der Waals surface area contributed by atoms with Crippen molar-refractivity contribution in [1.29, 1.82) is 0 Å². The van der Waals surface area contributed by atoms with Crippen molar-refractivity contribution in [2.24, 2.45) is 5.92 Å². The maximum atomic E-state index is 12.0. The second-order valence-electron chi connectivity index (χ2n) is 7.57. The van der Waals surface area contributed by atoms with Crippen LogP contribution in [0.3, 0.4) is 0 Å². The Labute approximate surface area is 134 Å². The Balaban J connectivity index is 1.56. The molecule has 0 aromatic rings. The second-order valence-corrected chi connectivity index (χ2v) is 7.57. The standard InChI is InChI=1S/C17H32N2O3/c1-5-21-15-10-14(11-15)18-8-6-13-7-9-19(12-13)16(20)22-17(2,3)4/h13-15,18H,5-12H2,1-4H3. The third kappa shape index (κ3) is 5.43. The van der Waals surface area contributed by atoms with Crippen molar-refractivity contribution in [2.75, 3.05) is 26.2 Å². The van der Waals surface area contributed by atoms with Crippen LogP contribution in [0.2, 0.25) is 0 Å². The molecular weight excluding hydrogens is 280 g/mol. The first-order valence-electron chi connectivity index (χ1n) is 8.70. The third-order valence-corrected chi connectivity index (χ3v) is 4.42. The van der Waals surface area contributed by atoms with Gasteiger partial charge >= 0.3 is 6.09 Å². The Hall–Kier alpha value is -0.810. The van der Waals surface area contributed by atoms with Gasteiger partial charge in [-0.25, -0.2) is 4.79 Å². The molecule has 0 bridgehead atoms. The summed E-state index contributed by atoms with van der Waals surface area (Å²) in [5, 5.41) is 3.60. The predicted molar refractivity (Wildman–Crippen MR) is 87.0 cm³/mol. The zero-order valence-electron chi connectivity index (χ0n) is 14.6. The van der Waals surface area contributed by atoms with Crippen LogP contribution in [0.1, 0.15) is 53.4 Å². The van der Waals surface area contributed by atoms with Crippen molar-refractivity contribution in [3.63, 3.8) is 0 Å². The lowest BCUT2D eigenvalue weighted by atomic mass is 9.89. The maximum absolute atomic E-state index is 12.0. The summed E-state index contributed by atoms with van der Waals surface area (Å²) in [5.41, 5.74) is -0.405. The van der Waals surface area contributed by atoms with Gasteiger partial charge in [-0.15, -0.1) is 0 Å². The van der Waals surface area contributed by atoms with E-state index in [9.17, 15) is 4.79 Å². The fraction of sp³-hybridized carbons (Fsp3) is 0.941. The summed E-state index contributed by atoms with van der Waals surface area (Å²) in [4.78, 5) is 13.9. The lowest BCUT2D eigenvalue weighted by Gasteiger charge is -2.35. The highest BCUT2D eigenvalue weighted by Crippen LogP contribution is 2.24. The van der Waals surface area contributed by atoms with Crippen LogP contribution in [0.5, 0.6) is 0 Å². The van der Waals surface area contributed by atoms with E-state index < -0.39 is 5.60 Å². The summed E-state index contributed by atoms with van der Waals surface area (Å²) in [6.07, 6.45) is 4.81. The van der Waals surface area contributed by atoms with Crippen molar-refractivity contribution in [2.45, 2.75) is 71.1 Å². The summed E-state index contributed by atoms with van der Waals surface area (Å²) in [6, 6.07) is 0.625. The van der Waals surface area contributed by atoms with Crippen molar-refractivity contribution in [3.8, 4) is 0 Å². The molecule has 5 heteroatoms. The number of carbonyl (C=O) groups is 1. The Morgan fingerprint density at radius 2 is 2.05 bits per heavy atom. The molecule has 22 heavy (non-hydrogen) atoms. The number of likely N-dealkylation sites (tertiary alicyclic amines) is 1. The van der Waals surface area contributed by atoms with Gasteiger partial charge in [-0.2, -0.15) is 0 Å². The number of carbonyl (C=O) groups excluding carboxylic acids is 1. The molecule has 1 N–H and O–H groups in total. The lowest BCUT2D eigenvalue weighted by Crippen LogP contribution is -2.46. The van der Waals surface area contributed by atoms with Crippen molar-refractivity contribution in [1.82, 2.24) is 10.2 Å². The van der Waals surface area contributed by atoms with E-state index >= 15 is 0 Å². The number of nitrogens with one attached hydrogen (secondary N) is 1. The number of rotatable bonds is 6. The highest BCUT2D eigenvalue weighted by molar-refractivity contribution is 5.68. The largest absolute Gasteiger partial charge is 0.444 e. The Bertz CT molecular complexity index is 361. The van der Waals surface area contributed by atoms with Gasteiger partial charge < -0.3 is 19.7 Å². The molecular formula is C17H32N2O3. The Morgan fingerprint density at radius 3 is 2.68 bits per heavy atom. The molecule has 1 aliphatic carbocycles. The van der Waals surface area contributed by atoms with Crippen LogP contribution < -0.4 is 5.32 Å². The summed E-state index contributed by atoms with van der Waals surface area (Å²) in [6.45, 7) is 11.3. The molecule has 0 radical (unpaired) electrons. The quantitative estimate of drug-likeness (QED) is 0.819. The van der Waals surface area contributed by atoms with Crippen LogP contribution in [-0.4, -0.2) is 55.0 Å². The van der Waals surface area contributed by atoms with Gasteiger partial charge in [-0.3, -0.25) is 0 Å². The average molecular weight is 312 g/mol. The van der Waals surface area contributed by atoms with E-state index in [-0.39, 0.29) is 6.09 Å². The molecule has 1 amide bonds. The van der Waals surface area contributed by atoms with Gasteiger partial charge in [0.15, 0.2) is 0 Å². The maximum Gasteiger partial charge on any atom is 0.410 e. The molecule has 1 unspecified atom stereocenters. The Morgan fingerprint density at radius 1 is 1.32 bits per heavy atom. The Kier molecular flexibility index (Phi) is 6.09. The predicted octanol–water partition coefficient (Wildman–Crippen LogP) is 2.79. The number of ether oxygens (including phenoxy) is 2. The van der Waals surface area contributed by atoms with E-state index in [1.54, 1.807) is 0 Å². The minimum absolute atomic E-state index is 0.165. The van der Waals surface area contributed by atoms with E-state index in [0.29, 0.717) is 18.1 Å². The highest BCUT2D eigenvalue weighted by atomic mass is 16.6. The topological polar surface area (TPSA) is 50.8 Å². The molecule has 2 aliphatic rings. The molecule has 1 saturated carbocycles. The number of nitrogens with zero attached hydrogens (tertiary/aromatic N) is 1. The molecule has 1 aliphatic heterocycles. The molecule has 2 rings (SSSR count). The van der Waals surface area contributed by atoms with Gasteiger partial charge in [0, 0.05) is 25.7 Å². The molecule has 128 valence electrons. The van der Waals surface area contributed by atoms with Gasteiger partial charge in [-0.1, -0.05) is 0 Å². The van der Waals surface area contributed by atoms with Crippen molar-refractivity contribution >= 4 is 6.09 Å². The normalized spacial score (nSPS) is 28.5. The number of hydrogen-bond acceptors (Lipinski definition) is 4. The van der Waals surface area contributed by atoms with Crippen LogP contribution in [0.4, 0.5) is 4.79 Å². The summed E-state index contributed by atoms with van der Waals surface area (Å²) >= 11 is 0. The number of hydrogen-bond donors (Lipinski definition) is 1. The molecule has 0 aromatic carbocycles. The van der Waals surface area contributed by atoms with Gasteiger partial charge in [0.25, 0.3) is 0 Å². The van der Waals surface area contributed by atoms with Gasteiger partial charge in [-0.05, 0) is 65.8 Å². The first-order chi connectivity index (χ1) is 10.4. The summed E-state index contributed by atoms with van der Waals surface area (Å²) in [7, 11) is 0. The van der Waals surface area contributed by atoms with Crippen LogP contribution in [0, 0.1) is 5.92 Å². The average Bonchev–Trinajstić information content (AvgIpc) is 2.82. The number of amides is 1. The van der Waals surface area contributed by atoms with E-state index in [0.717, 1.165) is 51.9 Å². The molecule has 1 heterocycles. The summed E-state index contributed by atoms with van der Waals surface area (Å²) < 4.78 is 11.0. The molecule has 0 aromatic heterocycles. The fourth-order valence-corrected chi connectivity index (χ4v) is 3.16. The summed E-state index contributed by atoms with van der Waals surface area (Å²) in [5.74, 6) is 0.600. The van der Waals surface area contributed by atoms with Gasteiger partial charge in [0.1, 0.15) is 5.60 Å². The molecule has 5 nitrogen and oxygen atoms in total. The highest BCUT2D eigenvalue weighted by Gasteiger charge is 2.31. The monoisotopic (exact) mass is 312 g/mol. The van der Waals surface area contributed by atoms with Crippen LogP contribution >= 0.6 is 0 Å². The van der Waals surface area contributed by atoms with E-state index in [2.05, 4.69) is 12.2 Å². The first-order valence-corrected chi connectivity index (χ1v) is 8.70. The van der Waals surface area contributed by atoms with E-state index in [1.807, 2.05) is 25.7 Å². The van der Waals surface area contributed by atoms with E-state index in [1.165, 1.54) is 0 Å². The van der Waals surface area contributed by atoms with Gasteiger partial charge in [0.05, 0.1) is 6.10 Å². The lowest BCUT2D eigenvalue weighted by molar-refractivity contribution is -0.00997. The van der Waals surface area contributed by atoms with Crippen molar-refractivity contribution in [3.05, 3.63) is 0 Å². The fourth-order valence-electron chi connectivity index (χ4n) is 3.16. The smallest absolute Gasteiger partial charge is 0.410 e. The minimum atomic E-state index is -0.405. The van der Waals surface area contributed by atoms with E-state index in [4.69, 9.17) is 9.47 Å². The molecule has 0 spiro atoms. The van der Waals surface area contributed by atoms with Crippen molar-refractivity contribution < 1.29 is 14.3 Å². The zero-order valence-corrected chi connectivity index (χ0v) is 14.6. The molecule has 1 saturated heterocycles. The van der Waals surface area contributed by atoms with Crippen LogP contribution in [-0.2, 0) is 9.47 Å². The molecule has 2 fully saturated rings. The van der Waals surface area contributed by atoms with Gasteiger partial charge in [0.2, 0.25) is 0 Å². The molecule has 1 atom stereocenters. The minimum Gasteiger partial charge on any atom is -0.444 e. The van der Waals surface area contributed by atoms with Crippen LogP contribution in [0.25, 0.3) is 0 Å². The first kappa shape index (κ1) is 17.5. The second kappa shape index (κ2) is 7.64.